The van der Waals surface area contributed by atoms with Crippen molar-refractivity contribution in [1.29, 1.82) is 0 Å². The summed E-state index contributed by atoms with van der Waals surface area (Å²) in [6.45, 7) is 8.08. The molecule has 0 saturated carbocycles. The van der Waals surface area contributed by atoms with E-state index in [9.17, 15) is 14.7 Å². The summed E-state index contributed by atoms with van der Waals surface area (Å²) in [6, 6.07) is 6.88. The van der Waals surface area contributed by atoms with Gasteiger partial charge in [-0.1, -0.05) is 12.1 Å². The normalized spacial score (nSPS) is 15.3. The van der Waals surface area contributed by atoms with Crippen molar-refractivity contribution in [2.24, 2.45) is 0 Å². The molecule has 0 spiro atoms. The molecule has 2 amide bonds. The first-order chi connectivity index (χ1) is 10.6. The van der Waals surface area contributed by atoms with Crippen molar-refractivity contribution in [2.75, 3.05) is 13.2 Å². The number of nitrogens with zero attached hydrogens (tertiary/aromatic N) is 1. The fraction of sp³-hybridized carbons (Fsp3) is 0.556. The fourth-order valence-corrected chi connectivity index (χ4v) is 2.47. The highest BCUT2D eigenvalue weighted by atomic mass is 16.5. The summed E-state index contributed by atoms with van der Waals surface area (Å²) in [7, 11) is 0. The van der Waals surface area contributed by atoms with Gasteiger partial charge in [-0.3, -0.25) is 14.5 Å². The van der Waals surface area contributed by atoms with Crippen LogP contribution < -0.4 is 0 Å². The van der Waals surface area contributed by atoms with Crippen LogP contribution in [0.25, 0.3) is 0 Å². The molecule has 0 radical (unpaired) electrons. The third-order valence-electron chi connectivity index (χ3n) is 4.02. The van der Waals surface area contributed by atoms with Gasteiger partial charge in [-0.2, -0.15) is 0 Å². The lowest BCUT2D eigenvalue weighted by atomic mass is 10.0. The second-order valence-corrected chi connectivity index (χ2v) is 7.23. The molecule has 126 valence electrons. The summed E-state index contributed by atoms with van der Waals surface area (Å²) >= 11 is 0. The highest BCUT2D eigenvalue weighted by molar-refractivity contribution is 6.21. The van der Waals surface area contributed by atoms with E-state index in [0.717, 1.165) is 0 Å². The third kappa shape index (κ3) is 4.39. The number of rotatable bonds is 7. The molecule has 0 saturated heterocycles. The Morgan fingerprint density at radius 1 is 1.00 bits per heavy atom. The van der Waals surface area contributed by atoms with Crippen molar-refractivity contribution < 1.29 is 19.4 Å². The van der Waals surface area contributed by atoms with E-state index < -0.39 is 11.2 Å². The van der Waals surface area contributed by atoms with Crippen molar-refractivity contribution in [3.05, 3.63) is 35.4 Å². The molecular weight excluding hydrogens is 294 g/mol. The van der Waals surface area contributed by atoms with Crippen molar-refractivity contribution in [3.8, 4) is 0 Å². The van der Waals surface area contributed by atoms with Crippen molar-refractivity contribution >= 4 is 11.8 Å². The molecule has 1 aromatic carbocycles. The maximum Gasteiger partial charge on any atom is 0.261 e. The minimum absolute atomic E-state index is 0.238. The molecule has 23 heavy (non-hydrogen) atoms. The van der Waals surface area contributed by atoms with E-state index in [4.69, 9.17) is 4.74 Å². The minimum Gasteiger partial charge on any atom is -0.390 e. The van der Waals surface area contributed by atoms with E-state index in [1.54, 1.807) is 38.1 Å². The largest absolute Gasteiger partial charge is 0.390 e. The number of carbonyl (C=O) groups is 2. The zero-order valence-corrected chi connectivity index (χ0v) is 14.3. The van der Waals surface area contributed by atoms with Gasteiger partial charge in [0, 0.05) is 6.54 Å². The van der Waals surface area contributed by atoms with E-state index in [-0.39, 0.29) is 11.8 Å². The van der Waals surface area contributed by atoms with Gasteiger partial charge < -0.3 is 9.84 Å². The molecule has 0 aromatic heterocycles. The number of fused-ring (bicyclic) bond motifs is 1. The smallest absolute Gasteiger partial charge is 0.261 e. The van der Waals surface area contributed by atoms with E-state index in [1.165, 1.54) is 4.90 Å². The zero-order valence-electron chi connectivity index (χ0n) is 14.3. The summed E-state index contributed by atoms with van der Waals surface area (Å²) in [6.07, 6.45) is 1.08. The Hall–Kier alpha value is -1.72. The number of amides is 2. The van der Waals surface area contributed by atoms with Crippen LogP contribution in [-0.2, 0) is 4.74 Å². The second kappa shape index (κ2) is 6.42. The number of benzene rings is 1. The van der Waals surface area contributed by atoms with E-state index in [0.29, 0.717) is 37.1 Å². The SMILES string of the molecule is CC(C)(O)CCOC(C)(C)CCN1C(=O)c2ccccc2C1=O. The Bertz CT molecular complexity index is 566. The molecule has 1 aromatic rings. The number of imide groups is 1. The first-order valence-corrected chi connectivity index (χ1v) is 7.92. The number of aliphatic hydroxyl groups is 1. The molecule has 0 atom stereocenters. The zero-order chi connectivity index (χ0) is 17.3. The summed E-state index contributed by atoms with van der Waals surface area (Å²) < 4.78 is 5.80. The van der Waals surface area contributed by atoms with Gasteiger partial charge in [0.2, 0.25) is 0 Å². The van der Waals surface area contributed by atoms with Gasteiger partial charge in [0.15, 0.2) is 0 Å². The molecule has 0 aliphatic carbocycles. The van der Waals surface area contributed by atoms with Crippen LogP contribution in [0.3, 0.4) is 0 Å². The number of carbonyl (C=O) groups excluding carboxylic acids is 2. The van der Waals surface area contributed by atoms with Gasteiger partial charge in [0.05, 0.1) is 28.9 Å². The molecule has 5 nitrogen and oxygen atoms in total. The molecule has 1 aliphatic rings. The predicted octanol–water partition coefficient (Wildman–Crippen LogP) is 2.63. The molecule has 1 N–H and O–H groups in total. The first-order valence-electron chi connectivity index (χ1n) is 7.92. The van der Waals surface area contributed by atoms with Gasteiger partial charge in [0.25, 0.3) is 11.8 Å². The molecule has 2 rings (SSSR count). The van der Waals surface area contributed by atoms with Gasteiger partial charge in [0.1, 0.15) is 0 Å². The Morgan fingerprint density at radius 2 is 1.52 bits per heavy atom. The fourth-order valence-electron chi connectivity index (χ4n) is 2.47. The van der Waals surface area contributed by atoms with Gasteiger partial charge in [-0.05, 0) is 52.7 Å². The third-order valence-corrected chi connectivity index (χ3v) is 4.02. The molecule has 1 aliphatic heterocycles. The summed E-state index contributed by atoms with van der Waals surface area (Å²) in [4.78, 5) is 25.9. The molecule has 0 fully saturated rings. The van der Waals surface area contributed by atoms with Crippen molar-refractivity contribution in [2.45, 2.75) is 51.7 Å². The highest BCUT2D eigenvalue weighted by Gasteiger charge is 2.36. The van der Waals surface area contributed by atoms with Crippen LogP contribution in [0.15, 0.2) is 24.3 Å². The van der Waals surface area contributed by atoms with Crippen LogP contribution in [0.4, 0.5) is 0 Å². The average molecular weight is 319 g/mol. The van der Waals surface area contributed by atoms with E-state index >= 15 is 0 Å². The second-order valence-electron chi connectivity index (χ2n) is 7.23. The van der Waals surface area contributed by atoms with Crippen LogP contribution in [0.2, 0.25) is 0 Å². The Balaban J connectivity index is 1.91. The molecule has 5 heteroatoms. The molecule has 0 bridgehead atoms. The van der Waals surface area contributed by atoms with Crippen LogP contribution in [0.5, 0.6) is 0 Å². The quantitative estimate of drug-likeness (QED) is 0.785. The molecular formula is C18H25NO4. The van der Waals surface area contributed by atoms with Gasteiger partial charge in [-0.25, -0.2) is 0 Å². The van der Waals surface area contributed by atoms with E-state index in [1.807, 2.05) is 13.8 Å². The number of hydrogen-bond acceptors (Lipinski definition) is 4. The van der Waals surface area contributed by atoms with Gasteiger partial charge in [-0.15, -0.1) is 0 Å². The first kappa shape index (κ1) is 17.6. The highest BCUT2D eigenvalue weighted by Crippen LogP contribution is 2.25. The monoisotopic (exact) mass is 319 g/mol. The topological polar surface area (TPSA) is 66.8 Å². The van der Waals surface area contributed by atoms with Crippen LogP contribution in [0.1, 0.15) is 61.3 Å². The van der Waals surface area contributed by atoms with Crippen LogP contribution >= 0.6 is 0 Å². The van der Waals surface area contributed by atoms with Crippen LogP contribution in [0, 0.1) is 0 Å². The molecule has 0 unspecified atom stereocenters. The minimum atomic E-state index is -0.765. The summed E-state index contributed by atoms with van der Waals surface area (Å²) in [5.41, 5.74) is -0.296. The Labute approximate surface area is 137 Å². The molecule has 1 heterocycles. The van der Waals surface area contributed by atoms with Crippen LogP contribution in [-0.4, -0.2) is 46.2 Å². The van der Waals surface area contributed by atoms with Crippen molar-refractivity contribution in [1.82, 2.24) is 4.90 Å². The predicted molar refractivity (Wildman–Crippen MR) is 87.4 cm³/mol. The maximum absolute atomic E-state index is 12.3. The van der Waals surface area contributed by atoms with Gasteiger partial charge >= 0.3 is 0 Å². The average Bonchev–Trinajstić information content (AvgIpc) is 2.68. The van der Waals surface area contributed by atoms with E-state index in [2.05, 4.69) is 0 Å². The maximum atomic E-state index is 12.3. The van der Waals surface area contributed by atoms with Crippen molar-refractivity contribution in [3.63, 3.8) is 0 Å². The lowest BCUT2D eigenvalue weighted by Crippen LogP contribution is -2.37. The summed E-state index contributed by atoms with van der Waals surface area (Å²) in [5, 5.41) is 9.71. The lowest BCUT2D eigenvalue weighted by molar-refractivity contribution is -0.0516. The Kier molecular flexibility index (Phi) is 4.92. The standard InChI is InChI=1S/C18H25NO4/c1-17(2,22)10-12-23-18(3,4)9-11-19-15(20)13-7-5-6-8-14(13)16(19)21/h5-8,22H,9-12H2,1-4H3. The number of ether oxygens (including phenoxy) is 1. The Morgan fingerprint density at radius 3 is 2.00 bits per heavy atom. The summed E-state index contributed by atoms with van der Waals surface area (Å²) in [5.74, 6) is -0.476. The number of hydrogen-bond donors (Lipinski definition) is 1. The lowest BCUT2D eigenvalue weighted by Gasteiger charge is -2.28.